The van der Waals surface area contributed by atoms with Crippen LogP contribution in [0.4, 0.5) is 0 Å². The fourth-order valence-electron chi connectivity index (χ4n) is 0.125. The monoisotopic (exact) mass is 176 g/mol. The fourth-order valence-corrected chi connectivity index (χ4v) is 1.12. The van der Waals surface area contributed by atoms with Crippen LogP contribution in [0.1, 0.15) is 0 Å². The van der Waals surface area contributed by atoms with Crippen LogP contribution >= 0.6 is 8.25 Å². The molecular weight excluding hydrogens is 171 g/mol. The summed E-state index contributed by atoms with van der Waals surface area (Å²) >= 11 is 0. The predicted octanol–water partition coefficient (Wildman–Crippen LogP) is -0.770. The van der Waals surface area contributed by atoms with Crippen molar-refractivity contribution in [2.45, 2.75) is 0 Å². The molecular formula is CH5O6PS. The molecule has 8 heteroatoms. The van der Waals surface area contributed by atoms with Crippen molar-refractivity contribution in [3.05, 3.63) is 0 Å². The van der Waals surface area contributed by atoms with Crippen molar-refractivity contribution in [3.8, 4) is 0 Å². The van der Waals surface area contributed by atoms with Crippen LogP contribution in [-0.2, 0) is 19.2 Å². The van der Waals surface area contributed by atoms with Gasteiger partial charge in [0.05, 0.1) is 0 Å². The Hall–Kier alpha value is 0.0600. The van der Waals surface area contributed by atoms with E-state index < -0.39 is 24.3 Å². The average Bonchev–Trinajstić information content (AvgIpc) is 1.59. The third-order valence-electron chi connectivity index (χ3n) is 0.331. The van der Waals surface area contributed by atoms with E-state index >= 15 is 0 Å². The molecule has 0 aliphatic heterocycles. The zero-order valence-electron chi connectivity index (χ0n) is 4.14. The van der Waals surface area contributed by atoms with Gasteiger partial charge in [-0.25, -0.2) is 0 Å². The molecule has 6 nitrogen and oxygen atoms in total. The summed E-state index contributed by atoms with van der Waals surface area (Å²) < 4.78 is 40.6. The highest BCUT2D eigenvalue weighted by Crippen LogP contribution is 2.14. The highest BCUT2D eigenvalue weighted by Gasteiger charge is 2.04. The first-order chi connectivity index (χ1) is 3.92. The predicted molar refractivity (Wildman–Crippen MR) is 28.7 cm³/mol. The molecule has 0 radical (unpaired) electrons. The van der Waals surface area contributed by atoms with Crippen LogP contribution in [0.5, 0.6) is 0 Å². The van der Waals surface area contributed by atoms with Gasteiger partial charge in [-0.2, -0.15) is 8.42 Å². The van der Waals surface area contributed by atoms with E-state index in [2.05, 4.69) is 4.52 Å². The molecule has 9 heavy (non-hydrogen) atoms. The molecule has 0 rings (SSSR count). The van der Waals surface area contributed by atoms with E-state index in [1.807, 2.05) is 0 Å². The molecule has 1 atom stereocenters. The first-order valence-electron chi connectivity index (χ1n) is 1.73. The maximum absolute atomic E-state index is 9.73. The van der Waals surface area contributed by atoms with Crippen molar-refractivity contribution in [2.24, 2.45) is 0 Å². The summed E-state index contributed by atoms with van der Waals surface area (Å²) in [4.78, 5) is 7.86. The van der Waals surface area contributed by atoms with Crippen molar-refractivity contribution in [1.29, 1.82) is 0 Å². The van der Waals surface area contributed by atoms with Crippen molar-refractivity contribution in [1.82, 2.24) is 0 Å². The number of hydrogen-bond donors (Lipinski definition) is 2. The second-order valence-electron chi connectivity index (χ2n) is 1.11. The molecule has 0 fully saturated rings. The highest BCUT2D eigenvalue weighted by molar-refractivity contribution is 7.85. The second kappa shape index (κ2) is 3.28. The minimum absolute atomic E-state index is 1.14. The van der Waals surface area contributed by atoms with Gasteiger partial charge in [0.1, 0.15) is 0 Å². The van der Waals surface area contributed by atoms with Crippen LogP contribution in [0.25, 0.3) is 0 Å². The molecule has 0 saturated heterocycles. The van der Waals surface area contributed by atoms with E-state index in [0.29, 0.717) is 0 Å². The van der Waals surface area contributed by atoms with E-state index in [1.54, 1.807) is 0 Å². The Kier molecular flexibility index (Phi) is 3.31. The Labute approximate surface area is 52.2 Å². The molecule has 0 bridgehead atoms. The number of rotatable bonds is 3. The lowest BCUT2D eigenvalue weighted by molar-refractivity contribution is 0.311. The summed E-state index contributed by atoms with van der Waals surface area (Å²) in [5, 5.41) is 0. The van der Waals surface area contributed by atoms with Gasteiger partial charge in [0.25, 0.3) is 10.1 Å². The maximum atomic E-state index is 9.73. The quantitative estimate of drug-likeness (QED) is 0.432. The summed E-state index contributed by atoms with van der Waals surface area (Å²) in [6.07, 6.45) is 0. The molecule has 56 valence electrons. The van der Waals surface area contributed by atoms with Gasteiger partial charge in [-0.15, -0.1) is 0 Å². The van der Waals surface area contributed by atoms with E-state index in [0.717, 1.165) is 0 Å². The van der Waals surface area contributed by atoms with Gasteiger partial charge in [-0.05, 0) is 0 Å². The van der Waals surface area contributed by atoms with Crippen LogP contribution < -0.4 is 0 Å². The largest absolute Gasteiger partial charge is 0.326 e. The Morgan fingerprint density at radius 3 is 2.11 bits per heavy atom. The summed E-state index contributed by atoms with van der Waals surface area (Å²) in [5.74, 6) is -1.14. The molecule has 0 aliphatic rings. The normalized spacial score (nSPS) is 15.3. The molecule has 0 amide bonds. The van der Waals surface area contributed by atoms with Crippen LogP contribution in [0.3, 0.4) is 0 Å². The lowest BCUT2D eigenvalue weighted by Crippen LogP contribution is -2.03. The molecule has 2 N–H and O–H groups in total. The van der Waals surface area contributed by atoms with Crippen LogP contribution in [-0.4, -0.2) is 23.8 Å². The standard InChI is InChI=1S/CH5O6PS/c2-8(3)7-1-9(4,5)6/h8H,1H2,(H,2,3)(H,4,5,6). The molecule has 1 unspecified atom stereocenters. The van der Waals surface area contributed by atoms with Gasteiger partial charge in [-0.3, -0.25) is 13.6 Å². The first-order valence-corrected chi connectivity index (χ1v) is 4.60. The molecule has 0 aromatic rings. The zero-order valence-corrected chi connectivity index (χ0v) is 5.96. The SMILES string of the molecule is O=[PH](O)OCS(=O)(=O)O. The molecule has 0 aromatic heterocycles. The zero-order chi connectivity index (χ0) is 7.49. The first kappa shape index (κ1) is 9.06. The Morgan fingerprint density at radius 2 is 2.00 bits per heavy atom. The fraction of sp³-hybridized carbons (Fsp3) is 1.00. The smallest absolute Gasteiger partial charge is 0.317 e. The summed E-state index contributed by atoms with van der Waals surface area (Å²) in [6, 6.07) is 0. The van der Waals surface area contributed by atoms with E-state index in [-0.39, 0.29) is 0 Å². The van der Waals surface area contributed by atoms with Crippen molar-refractivity contribution in [3.63, 3.8) is 0 Å². The summed E-state index contributed by atoms with van der Waals surface area (Å²) in [5.41, 5.74) is 0. The van der Waals surface area contributed by atoms with Gasteiger partial charge in [0.15, 0.2) is 5.94 Å². The molecule has 0 spiro atoms. The highest BCUT2D eigenvalue weighted by atomic mass is 32.2. The van der Waals surface area contributed by atoms with Gasteiger partial charge < -0.3 is 4.89 Å². The van der Waals surface area contributed by atoms with Gasteiger partial charge in [-0.1, -0.05) is 0 Å². The summed E-state index contributed by atoms with van der Waals surface area (Å²) in [7, 11) is -7.53. The minimum atomic E-state index is -4.28. The second-order valence-corrected chi connectivity index (χ2v) is 3.33. The lowest BCUT2D eigenvalue weighted by Gasteiger charge is -1.93. The van der Waals surface area contributed by atoms with Gasteiger partial charge >= 0.3 is 8.25 Å². The average molecular weight is 176 g/mol. The Bertz CT molecular complexity index is 191. The van der Waals surface area contributed by atoms with Crippen molar-refractivity contribution < 1.29 is 27.0 Å². The summed E-state index contributed by atoms with van der Waals surface area (Å²) in [6.45, 7) is 0. The number of hydrogen-bond acceptors (Lipinski definition) is 4. The molecule has 0 aromatic carbocycles. The van der Waals surface area contributed by atoms with Crippen LogP contribution in [0.15, 0.2) is 0 Å². The van der Waals surface area contributed by atoms with Crippen molar-refractivity contribution >= 4 is 18.4 Å². The Morgan fingerprint density at radius 1 is 1.56 bits per heavy atom. The van der Waals surface area contributed by atoms with Gasteiger partial charge in [0.2, 0.25) is 0 Å². The lowest BCUT2D eigenvalue weighted by atomic mass is 11.7. The molecule has 0 saturated carbocycles. The van der Waals surface area contributed by atoms with E-state index in [4.69, 9.17) is 9.45 Å². The van der Waals surface area contributed by atoms with E-state index in [1.165, 1.54) is 0 Å². The third-order valence-corrected chi connectivity index (χ3v) is 1.35. The Balaban J connectivity index is 3.67. The van der Waals surface area contributed by atoms with Crippen LogP contribution in [0, 0.1) is 0 Å². The molecule has 0 aliphatic carbocycles. The maximum Gasteiger partial charge on any atom is 0.317 e. The third kappa shape index (κ3) is 8.06. The van der Waals surface area contributed by atoms with Crippen molar-refractivity contribution in [2.75, 3.05) is 5.94 Å². The van der Waals surface area contributed by atoms with Crippen LogP contribution in [0.2, 0.25) is 0 Å². The van der Waals surface area contributed by atoms with E-state index in [9.17, 15) is 13.0 Å². The topological polar surface area (TPSA) is 101 Å². The molecule has 0 heterocycles. The minimum Gasteiger partial charge on any atom is -0.326 e. The van der Waals surface area contributed by atoms with Gasteiger partial charge in [0, 0.05) is 0 Å².